The summed E-state index contributed by atoms with van der Waals surface area (Å²) in [6.45, 7) is 2.49. The van der Waals surface area contributed by atoms with Gasteiger partial charge in [0, 0.05) is 22.8 Å². The standard InChI is InChI=1S/C18H18N4OS/c1-13-11-20-17(24-13)12-21-18(19)22-14-6-5-9-16(10-14)23-15-7-3-2-4-8-15/h2-11H,12H2,1H3,(H3,19,21,22). The lowest BCUT2D eigenvalue weighted by atomic mass is 10.3. The van der Waals surface area contributed by atoms with Crippen LogP contribution in [0.1, 0.15) is 9.88 Å². The second-order valence-electron chi connectivity index (χ2n) is 5.13. The zero-order valence-electron chi connectivity index (χ0n) is 13.3. The van der Waals surface area contributed by atoms with Crippen LogP contribution in [0.2, 0.25) is 0 Å². The van der Waals surface area contributed by atoms with Crippen LogP contribution in [0.3, 0.4) is 0 Å². The summed E-state index contributed by atoms with van der Waals surface area (Å²) in [6, 6.07) is 17.2. The molecule has 1 heterocycles. The predicted molar refractivity (Wildman–Crippen MR) is 98.8 cm³/mol. The molecular formula is C18H18N4OS. The molecule has 5 nitrogen and oxygen atoms in total. The van der Waals surface area contributed by atoms with Gasteiger partial charge in [-0.2, -0.15) is 0 Å². The summed E-state index contributed by atoms with van der Waals surface area (Å²) in [5, 5.41) is 4.01. The summed E-state index contributed by atoms with van der Waals surface area (Å²) >= 11 is 1.62. The maximum atomic E-state index is 5.94. The topological polar surface area (TPSA) is 72.5 Å². The Bertz CT molecular complexity index is 830. The van der Waals surface area contributed by atoms with Crippen molar-refractivity contribution in [1.29, 1.82) is 0 Å². The van der Waals surface area contributed by atoms with E-state index in [1.165, 1.54) is 0 Å². The largest absolute Gasteiger partial charge is 0.457 e. The van der Waals surface area contributed by atoms with Gasteiger partial charge in [0.05, 0.1) is 6.54 Å². The summed E-state index contributed by atoms with van der Waals surface area (Å²) in [5.74, 6) is 1.87. The molecule has 0 fully saturated rings. The second kappa shape index (κ2) is 7.61. The normalized spacial score (nSPS) is 11.3. The molecule has 0 atom stereocenters. The number of guanidine groups is 1. The maximum absolute atomic E-state index is 5.94. The van der Waals surface area contributed by atoms with Gasteiger partial charge in [0.25, 0.3) is 0 Å². The van der Waals surface area contributed by atoms with Crippen LogP contribution in [0, 0.1) is 6.92 Å². The van der Waals surface area contributed by atoms with Crippen molar-refractivity contribution < 1.29 is 4.74 Å². The number of para-hydroxylation sites is 1. The van der Waals surface area contributed by atoms with Crippen molar-refractivity contribution in [3.05, 3.63) is 70.7 Å². The van der Waals surface area contributed by atoms with E-state index in [-0.39, 0.29) is 0 Å². The molecule has 3 aromatic rings. The lowest BCUT2D eigenvalue weighted by Gasteiger charge is -2.09. The average Bonchev–Trinajstić information content (AvgIpc) is 3.00. The highest BCUT2D eigenvalue weighted by molar-refractivity contribution is 7.11. The van der Waals surface area contributed by atoms with Crippen LogP contribution < -0.4 is 15.8 Å². The van der Waals surface area contributed by atoms with Gasteiger partial charge in [-0.3, -0.25) is 0 Å². The first-order chi connectivity index (χ1) is 11.7. The van der Waals surface area contributed by atoms with Gasteiger partial charge < -0.3 is 15.8 Å². The molecule has 24 heavy (non-hydrogen) atoms. The van der Waals surface area contributed by atoms with E-state index >= 15 is 0 Å². The molecule has 2 aromatic carbocycles. The first-order valence-corrected chi connectivity index (χ1v) is 8.32. The van der Waals surface area contributed by atoms with Crippen molar-refractivity contribution in [2.24, 2.45) is 10.7 Å². The molecule has 0 saturated carbocycles. The molecule has 122 valence electrons. The Balaban J connectivity index is 1.63. The molecule has 0 aliphatic rings. The van der Waals surface area contributed by atoms with Crippen molar-refractivity contribution in [2.75, 3.05) is 5.32 Å². The van der Waals surface area contributed by atoms with Gasteiger partial charge in [-0.05, 0) is 31.2 Å². The number of hydrogen-bond acceptors (Lipinski definition) is 4. The molecule has 0 saturated heterocycles. The monoisotopic (exact) mass is 338 g/mol. The smallest absolute Gasteiger partial charge is 0.193 e. The van der Waals surface area contributed by atoms with E-state index in [2.05, 4.69) is 15.3 Å². The minimum absolute atomic E-state index is 0.347. The van der Waals surface area contributed by atoms with Crippen LogP contribution in [-0.2, 0) is 6.54 Å². The highest BCUT2D eigenvalue weighted by Gasteiger charge is 2.01. The summed E-state index contributed by atoms with van der Waals surface area (Å²) in [5.41, 5.74) is 6.76. The van der Waals surface area contributed by atoms with Crippen LogP contribution in [0.4, 0.5) is 5.69 Å². The van der Waals surface area contributed by atoms with Gasteiger partial charge in [-0.25, -0.2) is 9.98 Å². The molecule has 0 spiro atoms. The van der Waals surface area contributed by atoms with E-state index in [1.807, 2.05) is 67.7 Å². The predicted octanol–water partition coefficient (Wildman–Crippen LogP) is 4.17. The molecule has 0 unspecified atom stereocenters. The molecule has 0 aliphatic heterocycles. The van der Waals surface area contributed by atoms with Crippen LogP contribution in [0.15, 0.2) is 65.8 Å². The van der Waals surface area contributed by atoms with E-state index in [4.69, 9.17) is 10.5 Å². The Morgan fingerprint density at radius 2 is 1.96 bits per heavy atom. The highest BCUT2D eigenvalue weighted by atomic mass is 32.1. The van der Waals surface area contributed by atoms with Crippen molar-refractivity contribution in [1.82, 2.24) is 4.98 Å². The van der Waals surface area contributed by atoms with Gasteiger partial charge in [-0.1, -0.05) is 24.3 Å². The third-order valence-electron chi connectivity index (χ3n) is 3.14. The minimum Gasteiger partial charge on any atom is -0.457 e. The zero-order chi connectivity index (χ0) is 16.8. The van der Waals surface area contributed by atoms with Gasteiger partial charge in [0.1, 0.15) is 16.5 Å². The number of nitrogens with zero attached hydrogens (tertiary/aromatic N) is 2. The number of aromatic nitrogens is 1. The molecule has 1 aromatic heterocycles. The molecule has 0 amide bonds. The Kier molecular flexibility index (Phi) is 5.08. The number of aliphatic imine (C=N–C) groups is 1. The number of hydrogen-bond donors (Lipinski definition) is 2. The molecule has 0 bridgehead atoms. The summed E-state index contributed by atoms with van der Waals surface area (Å²) in [6.07, 6.45) is 1.84. The Morgan fingerprint density at radius 3 is 2.71 bits per heavy atom. The minimum atomic E-state index is 0.347. The Morgan fingerprint density at radius 1 is 1.17 bits per heavy atom. The van der Waals surface area contributed by atoms with E-state index in [1.54, 1.807) is 11.3 Å². The number of anilines is 1. The molecule has 0 radical (unpaired) electrons. The number of nitrogens with two attached hydrogens (primary N) is 1. The first kappa shape index (κ1) is 16.0. The Labute approximate surface area is 144 Å². The molecule has 6 heteroatoms. The van der Waals surface area contributed by atoms with E-state index in [9.17, 15) is 0 Å². The first-order valence-electron chi connectivity index (χ1n) is 7.50. The van der Waals surface area contributed by atoms with Gasteiger partial charge in [0.2, 0.25) is 0 Å². The van der Waals surface area contributed by atoms with E-state index in [0.717, 1.165) is 27.1 Å². The van der Waals surface area contributed by atoms with Gasteiger partial charge >= 0.3 is 0 Å². The number of ether oxygens (including phenoxy) is 1. The van der Waals surface area contributed by atoms with Crippen LogP contribution in [-0.4, -0.2) is 10.9 Å². The second-order valence-corrected chi connectivity index (χ2v) is 6.45. The molecule has 3 N–H and O–H groups in total. The quantitative estimate of drug-likeness (QED) is 0.541. The van der Waals surface area contributed by atoms with Crippen LogP contribution in [0.25, 0.3) is 0 Å². The van der Waals surface area contributed by atoms with E-state index in [0.29, 0.717) is 12.5 Å². The molecule has 3 rings (SSSR count). The molecular weight excluding hydrogens is 320 g/mol. The lowest BCUT2D eigenvalue weighted by Crippen LogP contribution is -2.22. The fourth-order valence-corrected chi connectivity index (χ4v) is 2.79. The number of thiazole rings is 1. The van der Waals surface area contributed by atoms with Crippen molar-refractivity contribution >= 4 is 23.0 Å². The third kappa shape index (κ3) is 4.57. The summed E-state index contributed by atoms with van der Waals surface area (Å²) in [4.78, 5) is 9.74. The fraction of sp³-hybridized carbons (Fsp3) is 0.111. The van der Waals surface area contributed by atoms with Crippen molar-refractivity contribution in [2.45, 2.75) is 13.5 Å². The van der Waals surface area contributed by atoms with Crippen LogP contribution in [0.5, 0.6) is 11.5 Å². The summed E-state index contributed by atoms with van der Waals surface area (Å²) in [7, 11) is 0. The lowest BCUT2D eigenvalue weighted by molar-refractivity contribution is 0.483. The van der Waals surface area contributed by atoms with Crippen molar-refractivity contribution in [3.8, 4) is 11.5 Å². The number of benzene rings is 2. The SMILES string of the molecule is Cc1cnc(CN=C(N)Nc2cccc(Oc3ccccc3)c2)s1. The third-order valence-corrected chi connectivity index (χ3v) is 4.04. The van der Waals surface area contributed by atoms with Gasteiger partial charge in [0.15, 0.2) is 5.96 Å². The molecule has 0 aliphatic carbocycles. The number of nitrogens with one attached hydrogen (secondary N) is 1. The van der Waals surface area contributed by atoms with E-state index < -0.39 is 0 Å². The number of aryl methyl sites for hydroxylation is 1. The summed E-state index contributed by atoms with van der Waals surface area (Å²) < 4.78 is 5.80. The maximum Gasteiger partial charge on any atom is 0.193 e. The van der Waals surface area contributed by atoms with Crippen LogP contribution >= 0.6 is 11.3 Å². The average molecular weight is 338 g/mol. The Hall–Kier alpha value is -2.86. The fourth-order valence-electron chi connectivity index (χ4n) is 2.08. The highest BCUT2D eigenvalue weighted by Crippen LogP contribution is 2.23. The van der Waals surface area contributed by atoms with Crippen molar-refractivity contribution in [3.63, 3.8) is 0 Å². The zero-order valence-corrected chi connectivity index (χ0v) is 14.1. The number of rotatable bonds is 5. The van der Waals surface area contributed by atoms with Gasteiger partial charge in [-0.15, -0.1) is 11.3 Å².